The van der Waals surface area contributed by atoms with E-state index in [1.807, 2.05) is 6.20 Å². The Morgan fingerprint density at radius 3 is 2.85 bits per heavy atom. The first-order chi connectivity index (χ1) is 13.1. The molecule has 4 fully saturated rings. The van der Waals surface area contributed by atoms with Crippen molar-refractivity contribution in [1.82, 2.24) is 14.7 Å². The van der Waals surface area contributed by atoms with E-state index in [0.717, 1.165) is 38.8 Å². The van der Waals surface area contributed by atoms with Gasteiger partial charge in [0.2, 0.25) is 5.91 Å². The molecule has 3 aromatic rings. The third-order valence-corrected chi connectivity index (χ3v) is 8.00. The molecule has 0 radical (unpaired) electrons. The summed E-state index contributed by atoms with van der Waals surface area (Å²) in [6, 6.07) is 11.1. The van der Waals surface area contributed by atoms with Crippen LogP contribution in [0.4, 0.5) is 0 Å². The van der Waals surface area contributed by atoms with Crippen LogP contribution in [-0.4, -0.2) is 27.1 Å². The third kappa shape index (κ3) is 2.15. The van der Waals surface area contributed by atoms with Gasteiger partial charge in [-0.1, -0.05) is 17.7 Å². The second kappa shape index (κ2) is 5.22. The van der Waals surface area contributed by atoms with Gasteiger partial charge in [0.25, 0.3) is 0 Å². The Morgan fingerprint density at radius 1 is 1.30 bits per heavy atom. The average molecular weight is 378 g/mol. The van der Waals surface area contributed by atoms with Crippen molar-refractivity contribution in [3.63, 3.8) is 0 Å². The van der Waals surface area contributed by atoms with Crippen molar-refractivity contribution < 1.29 is 4.79 Å². The molecule has 1 atom stereocenters. The van der Waals surface area contributed by atoms with Gasteiger partial charge in [-0.05, 0) is 61.6 Å². The zero-order valence-electron chi connectivity index (χ0n) is 15.5. The van der Waals surface area contributed by atoms with Gasteiger partial charge in [0.15, 0.2) is 0 Å². The summed E-state index contributed by atoms with van der Waals surface area (Å²) in [7, 11) is 0. The first-order valence-corrected chi connectivity index (χ1v) is 10.7. The molecule has 1 aliphatic heterocycles. The normalized spacial score (nSPS) is 31.3. The summed E-state index contributed by atoms with van der Waals surface area (Å²) in [5.74, 6) is 0.412. The molecule has 1 aromatic carbocycles. The van der Waals surface area contributed by atoms with E-state index in [1.165, 1.54) is 21.3 Å². The van der Waals surface area contributed by atoms with Crippen LogP contribution in [0.25, 0.3) is 10.9 Å². The Balaban J connectivity index is 1.16. The monoisotopic (exact) mass is 377 g/mol. The van der Waals surface area contributed by atoms with Gasteiger partial charge >= 0.3 is 0 Å². The lowest BCUT2D eigenvalue weighted by Crippen LogP contribution is -2.70. The largest absolute Gasteiger partial charge is 0.334 e. The number of hydrogen-bond donors (Lipinski definition) is 0. The average Bonchev–Trinajstić information content (AvgIpc) is 3.18. The van der Waals surface area contributed by atoms with Crippen molar-refractivity contribution in [1.29, 1.82) is 0 Å². The Kier molecular flexibility index (Phi) is 3.07. The van der Waals surface area contributed by atoms with E-state index in [4.69, 9.17) is 0 Å². The first kappa shape index (κ1) is 15.9. The molecule has 1 amide bonds. The van der Waals surface area contributed by atoms with Gasteiger partial charge < -0.3 is 4.90 Å². The number of benzene rings is 1. The van der Waals surface area contributed by atoms with Gasteiger partial charge in [-0.2, -0.15) is 5.10 Å². The van der Waals surface area contributed by atoms with Crippen molar-refractivity contribution in [3.05, 3.63) is 52.3 Å². The molecular weight excluding hydrogens is 354 g/mol. The Labute approximate surface area is 162 Å². The highest BCUT2D eigenvalue weighted by molar-refractivity contribution is 7.10. The summed E-state index contributed by atoms with van der Waals surface area (Å²) in [5, 5.41) is 7.95. The Hall–Kier alpha value is -2.14. The van der Waals surface area contributed by atoms with Gasteiger partial charge in [-0.3, -0.25) is 9.48 Å². The van der Waals surface area contributed by atoms with E-state index < -0.39 is 0 Å². The standard InChI is InChI=1S/C22H23N3OS/c1-15-4-5-17-16(9-15)10-23-25(17)14-21-11-22(12-21,13-21)20(26)24-7-6-18(24)19-3-2-8-27-19/h2-5,8-10,18H,6-7,11-14H2,1H3. The molecule has 27 heavy (non-hydrogen) atoms. The molecule has 2 aromatic heterocycles. The van der Waals surface area contributed by atoms with E-state index in [0.29, 0.717) is 17.4 Å². The molecule has 3 aliphatic carbocycles. The quantitative estimate of drug-likeness (QED) is 0.669. The second-order valence-corrected chi connectivity index (χ2v) is 9.97. The summed E-state index contributed by atoms with van der Waals surface area (Å²) < 4.78 is 2.15. The van der Waals surface area contributed by atoms with E-state index in [1.54, 1.807) is 11.3 Å². The summed E-state index contributed by atoms with van der Waals surface area (Å²) in [4.78, 5) is 16.7. The zero-order chi connectivity index (χ0) is 18.2. The molecule has 7 rings (SSSR count). The van der Waals surface area contributed by atoms with Gasteiger partial charge in [0, 0.05) is 23.4 Å². The molecule has 3 saturated carbocycles. The molecule has 2 bridgehead atoms. The minimum absolute atomic E-state index is 0.0600. The highest BCUT2D eigenvalue weighted by Gasteiger charge is 2.72. The molecule has 3 heterocycles. The van der Waals surface area contributed by atoms with Crippen LogP contribution in [0.1, 0.15) is 42.2 Å². The van der Waals surface area contributed by atoms with Gasteiger partial charge in [-0.15, -0.1) is 11.3 Å². The predicted molar refractivity (Wildman–Crippen MR) is 107 cm³/mol. The topological polar surface area (TPSA) is 38.1 Å². The van der Waals surface area contributed by atoms with E-state index in [2.05, 4.69) is 57.3 Å². The molecule has 1 saturated heterocycles. The summed E-state index contributed by atoms with van der Waals surface area (Å²) in [6.45, 7) is 3.99. The number of hydrogen-bond acceptors (Lipinski definition) is 3. The SMILES string of the molecule is Cc1ccc2c(cnn2CC23CC(C(=O)N4CCC4c4cccs4)(C2)C3)c1. The molecule has 1 unspecified atom stereocenters. The number of nitrogens with zero attached hydrogens (tertiary/aromatic N) is 3. The van der Waals surface area contributed by atoms with Crippen LogP contribution in [0.15, 0.2) is 41.9 Å². The van der Waals surface area contributed by atoms with Crippen LogP contribution in [0.2, 0.25) is 0 Å². The zero-order valence-corrected chi connectivity index (χ0v) is 16.3. The summed E-state index contributed by atoms with van der Waals surface area (Å²) >= 11 is 1.78. The predicted octanol–water partition coefficient (Wildman–Crippen LogP) is 4.55. The number of rotatable bonds is 4. The van der Waals surface area contributed by atoms with Crippen molar-refractivity contribution in [2.75, 3.05) is 6.54 Å². The van der Waals surface area contributed by atoms with Crippen LogP contribution < -0.4 is 0 Å². The van der Waals surface area contributed by atoms with E-state index in [-0.39, 0.29) is 5.41 Å². The highest BCUT2D eigenvalue weighted by atomic mass is 32.1. The molecule has 4 nitrogen and oxygen atoms in total. The van der Waals surface area contributed by atoms with Crippen molar-refractivity contribution >= 4 is 28.1 Å². The third-order valence-electron chi connectivity index (χ3n) is 7.03. The molecular formula is C22H23N3OS. The number of carbonyl (C=O) groups is 1. The molecule has 138 valence electrons. The molecule has 0 N–H and O–H groups in total. The van der Waals surface area contributed by atoms with Crippen molar-refractivity contribution in [2.45, 2.75) is 45.2 Å². The number of amides is 1. The summed E-state index contributed by atoms with van der Waals surface area (Å²) in [5.41, 5.74) is 2.72. The van der Waals surface area contributed by atoms with E-state index in [9.17, 15) is 4.79 Å². The van der Waals surface area contributed by atoms with Gasteiger partial charge in [0.1, 0.15) is 0 Å². The fourth-order valence-electron chi connectivity index (χ4n) is 5.75. The van der Waals surface area contributed by atoms with Crippen molar-refractivity contribution in [2.24, 2.45) is 10.8 Å². The summed E-state index contributed by atoms with van der Waals surface area (Å²) in [6.07, 6.45) is 6.21. The lowest BCUT2D eigenvalue weighted by atomic mass is 9.34. The number of likely N-dealkylation sites (tertiary alicyclic amines) is 1. The number of aromatic nitrogens is 2. The van der Waals surface area contributed by atoms with Crippen LogP contribution in [-0.2, 0) is 11.3 Å². The lowest BCUT2D eigenvalue weighted by molar-refractivity contribution is -0.227. The maximum absolute atomic E-state index is 13.2. The van der Waals surface area contributed by atoms with Gasteiger partial charge in [-0.25, -0.2) is 0 Å². The molecule has 4 aliphatic rings. The van der Waals surface area contributed by atoms with Crippen molar-refractivity contribution in [3.8, 4) is 0 Å². The maximum atomic E-state index is 13.2. The smallest absolute Gasteiger partial charge is 0.229 e. The Bertz CT molecular complexity index is 1030. The first-order valence-electron chi connectivity index (χ1n) is 9.84. The Morgan fingerprint density at radius 2 is 2.15 bits per heavy atom. The minimum Gasteiger partial charge on any atom is -0.334 e. The second-order valence-electron chi connectivity index (χ2n) is 8.99. The highest BCUT2D eigenvalue weighted by Crippen LogP contribution is 2.75. The van der Waals surface area contributed by atoms with Crippen LogP contribution in [0.3, 0.4) is 0 Å². The van der Waals surface area contributed by atoms with E-state index >= 15 is 0 Å². The maximum Gasteiger partial charge on any atom is 0.229 e. The number of carbonyl (C=O) groups excluding carboxylic acids is 1. The van der Waals surface area contributed by atoms with Crippen LogP contribution in [0, 0.1) is 17.8 Å². The lowest BCUT2D eigenvalue weighted by Gasteiger charge is -2.70. The minimum atomic E-state index is -0.0600. The fraction of sp³-hybridized carbons (Fsp3) is 0.455. The fourth-order valence-corrected chi connectivity index (χ4v) is 6.63. The number of fused-ring (bicyclic) bond motifs is 1. The molecule has 0 spiro atoms. The van der Waals surface area contributed by atoms with Gasteiger partial charge in [0.05, 0.1) is 23.2 Å². The number of aryl methyl sites for hydroxylation is 1. The number of thiophene rings is 1. The van der Waals surface area contributed by atoms with Crippen LogP contribution >= 0.6 is 11.3 Å². The van der Waals surface area contributed by atoms with Crippen LogP contribution in [0.5, 0.6) is 0 Å². The molecule has 5 heteroatoms.